The van der Waals surface area contributed by atoms with Crippen LogP contribution in [0.1, 0.15) is 26.5 Å². The second kappa shape index (κ2) is 5.77. The first kappa shape index (κ1) is 14.1. The normalized spacial score (nSPS) is 11.2. The monoisotopic (exact) mass is 272 g/mol. The van der Waals surface area contributed by atoms with Crippen LogP contribution < -0.4 is 10.6 Å². The summed E-state index contributed by atoms with van der Waals surface area (Å²) in [5.74, 6) is 0.426. The van der Waals surface area contributed by atoms with Crippen LogP contribution in [0.2, 0.25) is 0 Å². The second-order valence-electron chi connectivity index (χ2n) is 5.68. The third-order valence-corrected chi connectivity index (χ3v) is 2.88. The zero-order chi connectivity index (χ0) is 14.6. The molecule has 0 aliphatic rings. The minimum absolute atomic E-state index is 0.0156. The van der Waals surface area contributed by atoms with Gasteiger partial charge in [0.25, 0.3) is 0 Å². The Bertz CT molecular complexity index is 569. The molecule has 5 heteroatoms. The van der Waals surface area contributed by atoms with E-state index < -0.39 is 0 Å². The molecule has 1 heterocycles. The SMILES string of the molecule is CC(C)(C)c1cc(NC(=O)CNc2ccccc2)n[nH]1. The quantitative estimate of drug-likeness (QED) is 0.801. The number of H-pyrrole nitrogens is 1. The van der Waals surface area contributed by atoms with Gasteiger partial charge in [-0.3, -0.25) is 9.89 Å². The predicted octanol–water partition coefficient (Wildman–Crippen LogP) is 2.76. The fourth-order valence-corrected chi connectivity index (χ4v) is 1.70. The summed E-state index contributed by atoms with van der Waals surface area (Å²) >= 11 is 0. The van der Waals surface area contributed by atoms with E-state index in [1.54, 1.807) is 0 Å². The molecule has 0 aliphatic carbocycles. The Labute approximate surface area is 118 Å². The molecule has 0 fully saturated rings. The molecule has 0 saturated heterocycles. The average Bonchev–Trinajstić information content (AvgIpc) is 2.86. The molecule has 106 valence electrons. The van der Waals surface area contributed by atoms with Gasteiger partial charge >= 0.3 is 0 Å². The summed E-state index contributed by atoms with van der Waals surface area (Å²) in [5, 5.41) is 12.8. The van der Waals surface area contributed by atoms with E-state index in [4.69, 9.17) is 0 Å². The van der Waals surface area contributed by atoms with Gasteiger partial charge in [-0.2, -0.15) is 5.10 Å². The van der Waals surface area contributed by atoms with Gasteiger partial charge in [0.15, 0.2) is 5.82 Å². The number of hydrogen-bond acceptors (Lipinski definition) is 3. The second-order valence-corrected chi connectivity index (χ2v) is 5.68. The molecule has 0 saturated carbocycles. The summed E-state index contributed by atoms with van der Waals surface area (Å²) in [5.41, 5.74) is 1.89. The Kier molecular flexibility index (Phi) is 4.08. The lowest BCUT2D eigenvalue weighted by molar-refractivity contribution is -0.114. The Hall–Kier alpha value is -2.30. The van der Waals surface area contributed by atoms with Gasteiger partial charge in [-0.25, -0.2) is 0 Å². The molecule has 3 N–H and O–H groups in total. The Morgan fingerprint density at radius 2 is 1.95 bits per heavy atom. The van der Waals surface area contributed by atoms with Crippen molar-refractivity contribution in [2.75, 3.05) is 17.2 Å². The van der Waals surface area contributed by atoms with E-state index in [-0.39, 0.29) is 17.9 Å². The molecule has 1 aromatic heterocycles. The third-order valence-electron chi connectivity index (χ3n) is 2.88. The smallest absolute Gasteiger partial charge is 0.244 e. The number of carbonyl (C=O) groups excluding carboxylic acids is 1. The number of aromatic nitrogens is 2. The van der Waals surface area contributed by atoms with Crippen molar-refractivity contribution in [1.82, 2.24) is 10.2 Å². The standard InChI is InChI=1S/C15H20N4O/c1-15(2,3)12-9-13(19-18-12)17-14(20)10-16-11-7-5-4-6-8-11/h4-9,16H,10H2,1-3H3,(H2,17,18,19,20). The molecule has 0 atom stereocenters. The summed E-state index contributed by atoms with van der Waals surface area (Å²) in [4.78, 5) is 11.8. The molecule has 20 heavy (non-hydrogen) atoms. The van der Waals surface area contributed by atoms with Crippen LogP contribution in [0.5, 0.6) is 0 Å². The lowest BCUT2D eigenvalue weighted by Crippen LogP contribution is -2.21. The van der Waals surface area contributed by atoms with Crippen molar-refractivity contribution >= 4 is 17.4 Å². The first-order chi connectivity index (χ1) is 9.45. The first-order valence-corrected chi connectivity index (χ1v) is 6.60. The van der Waals surface area contributed by atoms with Crippen molar-refractivity contribution in [2.45, 2.75) is 26.2 Å². The van der Waals surface area contributed by atoms with Crippen molar-refractivity contribution < 1.29 is 4.79 Å². The largest absolute Gasteiger partial charge is 0.376 e. The van der Waals surface area contributed by atoms with Gasteiger partial charge in [0.1, 0.15) is 0 Å². The molecule has 5 nitrogen and oxygen atoms in total. The van der Waals surface area contributed by atoms with Gasteiger partial charge in [0.05, 0.1) is 6.54 Å². The highest BCUT2D eigenvalue weighted by atomic mass is 16.2. The summed E-state index contributed by atoms with van der Waals surface area (Å²) in [6, 6.07) is 11.5. The van der Waals surface area contributed by atoms with Crippen LogP contribution in [-0.2, 0) is 10.2 Å². The number of aromatic amines is 1. The minimum atomic E-state index is -0.124. The van der Waals surface area contributed by atoms with E-state index in [0.717, 1.165) is 11.4 Å². The molecule has 0 bridgehead atoms. The fraction of sp³-hybridized carbons (Fsp3) is 0.333. The van der Waals surface area contributed by atoms with E-state index in [2.05, 4.69) is 41.6 Å². The third kappa shape index (κ3) is 3.85. The van der Waals surface area contributed by atoms with Crippen LogP contribution in [-0.4, -0.2) is 22.6 Å². The van der Waals surface area contributed by atoms with E-state index >= 15 is 0 Å². The highest BCUT2D eigenvalue weighted by Gasteiger charge is 2.17. The molecule has 0 unspecified atom stereocenters. The highest BCUT2D eigenvalue weighted by molar-refractivity contribution is 5.92. The van der Waals surface area contributed by atoms with Crippen LogP contribution in [0, 0.1) is 0 Å². The zero-order valence-corrected chi connectivity index (χ0v) is 12.0. The van der Waals surface area contributed by atoms with Gasteiger partial charge in [-0.1, -0.05) is 39.0 Å². The van der Waals surface area contributed by atoms with Gasteiger partial charge in [-0.15, -0.1) is 0 Å². The summed E-state index contributed by atoms with van der Waals surface area (Å²) in [6.45, 7) is 6.47. The number of rotatable bonds is 4. The van der Waals surface area contributed by atoms with Crippen LogP contribution in [0.4, 0.5) is 11.5 Å². The maximum Gasteiger partial charge on any atom is 0.244 e. The molecular weight excluding hydrogens is 252 g/mol. The molecule has 0 radical (unpaired) electrons. The van der Waals surface area contributed by atoms with Crippen LogP contribution in [0.3, 0.4) is 0 Å². The van der Waals surface area contributed by atoms with Gasteiger partial charge < -0.3 is 10.6 Å². The maximum atomic E-state index is 11.8. The van der Waals surface area contributed by atoms with Crippen molar-refractivity contribution in [2.24, 2.45) is 0 Å². The van der Waals surface area contributed by atoms with E-state index in [0.29, 0.717) is 5.82 Å². The van der Waals surface area contributed by atoms with Crippen LogP contribution in [0.15, 0.2) is 36.4 Å². The Morgan fingerprint density at radius 1 is 1.25 bits per heavy atom. The summed E-state index contributed by atoms with van der Waals surface area (Å²) in [7, 11) is 0. The fourth-order valence-electron chi connectivity index (χ4n) is 1.70. The lowest BCUT2D eigenvalue weighted by Gasteiger charge is -2.14. The number of anilines is 2. The average molecular weight is 272 g/mol. The van der Waals surface area contributed by atoms with Gasteiger partial charge in [-0.05, 0) is 12.1 Å². The molecule has 1 aromatic carbocycles. The molecule has 0 spiro atoms. The summed E-state index contributed by atoms with van der Waals surface area (Å²) < 4.78 is 0. The van der Waals surface area contributed by atoms with Gasteiger partial charge in [0, 0.05) is 22.9 Å². The van der Waals surface area contributed by atoms with Crippen molar-refractivity contribution in [3.63, 3.8) is 0 Å². The minimum Gasteiger partial charge on any atom is -0.376 e. The number of carbonyl (C=O) groups is 1. The highest BCUT2D eigenvalue weighted by Crippen LogP contribution is 2.21. The van der Waals surface area contributed by atoms with Crippen LogP contribution >= 0.6 is 0 Å². The Balaban J connectivity index is 1.87. The molecule has 2 rings (SSSR count). The Morgan fingerprint density at radius 3 is 2.55 bits per heavy atom. The zero-order valence-electron chi connectivity index (χ0n) is 12.0. The van der Waals surface area contributed by atoms with E-state index in [1.165, 1.54) is 0 Å². The topological polar surface area (TPSA) is 69.8 Å². The lowest BCUT2D eigenvalue weighted by atomic mass is 9.92. The number of nitrogens with one attached hydrogen (secondary N) is 3. The molecule has 2 aromatic rings. The molecule has 0 aliphatic heterocycles. The van der Waals surface area contributed by atoms with E-state index in [9.17, 15) is 4.79 Å². The van der Waals surface area contributed by atoms with Crippen molar-refractivity contribution in [3.8, 4) is 0 Å². The molecule has 1 amide bonds. The van der Waals surface area contributed by atoms with Gasteiger partial charge in [0.2, 0.25) is 5.91 Å². The number of amides is 1. The van der Waals surface area contributed by atoms with Crippen molar-refractivity contribution in [3.05, 3.63) is 42.1 Å². The number of nitrogens with zero attached hydrogens (tertiary/aromatic N) is 1. The van der Waals surface area contributed by atoms with Crippen LogP contribution in [0.25, 0.3) is 0 Å². The maximum absolute atomic E-state index is 11.8. The van der Waals surface area contributed by atoms with E-state index in [1.807, 2.05) is 36.4 Å². The number of hydrogen-bond donors (Lipinski definition) is 3. The first-order valence-electron chi connectivity index (χ1n) is 6.60. The van der Waals surface area contributed by atoms with Crippen molar-refractivity contribution in [1.29, 1.82) is 0 Å². The molecular formula is C15H20N4O. The summed E-state index contributed by atoms with van der Waals surface area (Å²) in [6.07, 6.45) is 0. The number of para-hydroxylation sites is 1. The number of benzene rings is 1. The predicted molar refractivity (Wildman–Crippen MR) is 80.8 cm³/mol.